The minimum absolute atomic E-state index is 0.213. The molecule has 1 saturated heterocycles. The van der Waals surface area contributed by atoms with Gasteiger partial charge in [-0.2, -0.15) is 0 Å². The van der Waals surface area contributed by atoms with Crippen molar-refractivity contribution in [2.24, 2.45) is 0 Å². The highest BCUT2D eigenvalue weighted by Gasteiger charge is 2.39. The average molecular weight is 263 g/mol. The molecule has 0 aromatic carbocycles. The highest BCUT2D eigenvalue weighted by atomic mass is 16.5. The van der Waals surface area contributed by atoms with Crippen LogP contribution in [0.25, 0.3) is 0 Å². The maximum Gasteiger partial charge on any atom is 0.0946 e. The summed E-state index contributed by atoms with van der Waals surface area (Å²) in [6.07, 6.45) is 13.3. The molecule has 0 radical (unpaired) electrons. The molecule has 0 amide bonds. The molecule has 0 bridgehead atoms. The Kier molecular flexibility index (Phi) is 3.89. The van der Waals surface area contributed by atoms with E-state index >= 15 is 0 Å². The van der Waals surface area contributed by atoms with Gasteiger partial charge in [-0.05, 0) is 32.6 Å². The first-order chi connectivity index (χ1) is 9.26. The molecule has 1 spiro atoms. The molecule has 4 nitrogen and oxygen atoms in total. The third kappa shape index (κ3) is 3.18. The van der Waals surface area contributed by atoms with Crippen molar-refractivity contribution in [1.82, 2.24) is 14.9 Å². The number of hydrogen-bond acceptors (Lipinski definition) is 3. The Bertz CT molecular complexity index is 384. The lowest BCUT2D eigenvalue weighted by atomic mass is 9.88. The van der Waals surface area contributed by atoms with Crippen LogP contribution >= 0.6 is 0 Å². The predicted molar refractivity (Wildman–Crippen MR) is 75.0 cm³/mol. The lowest BCUT2D eigenvalue weighted by Crippen LogP contribution is -2.48. The number of nitrogens with zero attached hydrogens (tertiary/aromatic N) is 2. The average Bonchev–Trinajstić information content (AvgIpc) is 3.02. The molecule has 1 aliphatic heterocycles. The van der Waals surface area contributed by atoms with Gasteiger partial charge in [0, 0.05) is 37.6 Å². The van der Waals surface area contributed by atoms with Crippen LogP contribution in [0.2, 0.25) is 0 Å². The van der Waals surface area contributed by atoms with Gasteiger partial charge in [0.2, 0.25) is 0 Å². The van der Waals surface area contributed by atoms with Gasteiger partial charge < -0.3 is 14.6 Å². The second-order valence-electron chi connectivity index (χ2n) is 6.26. The normalized spacial score (nSPS) is 27.7. The van der Waals surface area contributed by atoms with Gasteiger partial charge in [-0.25, -0.2) is 4.98 Å². The van der Waals surface area contributed by atoms with E-state index in [1.165, 1.54) is 32.1 Å². The number of aromatic nitrogens is 2. The van der Waals surface area contributed by atoms with E-state index in [4.69, 9.17) is 4.74 Å². The van der Waals surface area contributed by atoms with Crippen molar-refractivity contribution in [3.05, 3.63) is 18.7 Å². The summed E-state index contributed by atoms with van der Waals surface area (Å²) >= 11 is 0. The van der Waals surface area contributed by atoms with E-state index in [1.807, 2.05) is 18.7 Å². The molecule has 1 aromatic heterocycles. The Labute approximate surface area is 115 Å². The quantitative estimate of drug-likeness (QED) is 0.906. The van der Waals surface area contributed by atoms with Crippen LogP contribution in [-0.2, 0) is 11.3 Å². The summed E-state index contributed by atoms with van der Waals surface area (Å²) in [5, 5.41) is 3.78. The standard InChI is InChI=1S/C15H25N3O/c1-13(11-18-8-7-16-12-18)17-14-4-9-19-15(10-14)5-2-3-6-15/h7-8,12-14,17H,2-6,9-11H2,1H3. The zero-order valence-electron chi connectivity index (χ0n) is 11.8. The highest BCUT2D eigenvalue weighted by molar-refractivity contribution is 4.94. The first kappa shape index (κ1) is 13.1. The lowest BCUT2D eigenvalue weighted by molar-refractivity contribution is -0.0846. The fraction of sp³-hybridized carbons (Fsp3) is 0.800. The number of hydrogen-bond donors (Lipinski definition) is 1. The minimum atomic E-state index is 0.213. The second kappa shape index (κ2) is 5.63. The monoisotopic (exact) mass is 263 g/mol. The molecule has 1 N–H and O–H groups in total. The van der Waals surface area contributed by atoms with E-state index < -0.39 is 0 Å². The molecule has 1 aliphatic carbocycles. The summed E-state index contributed by atoms with van der Waals surface area (Å²) < 4.78 is 8.23. The smallest absolute Gasteiger partial charge is 0.0946 e. The van der Waals surface area contributed by atoms with Crippen LogP contribution in [0.1, 0.15) is 45.4 Å². The Hall–Kier alpha value is -0.870. The van der Waals surface area contributed by atoms with Crippen molar-refractivity contribution in [3.63, 3.8) is 0 Å². The second-order valence-corrected chi connectivity index (χ2v) is 6.26. The minimum Gasteiger partial charge on any atom is -0.375 e. The highest BCUT2D eigenvalue weighted by Crippen LogP contribution is 2.40. The molecule has 19 heavy (non-hydrogen) atoms. The van der Waals surface area contributed by atoms with Crippen molar-refractivity contribution < 1.29 is 4.74 Å². The molecule has 1 saturated carbocycles. The van der Waals surface area contributed by atoms with Crippen molar-refractivity contribution in [1.29, 1.82) is 0 Å². The Morgan fingerprint density at radius 1 is 1.47 bits per heavy atom. The van der Waals surface area contributed by atoms with Crippen LogP contribution in [0.4, 0.5) is 0 Å². The van der Waals surface area contributed by atoms with Crippen molar-refractivity contribution in [2.75, 3.05) is 6.61 Å². The summed E-state index contributed by atoms with van der Waals surface area (Å²) in [5.41, 5.74) is 0.213. The number of ether oxygens (including phenoxy) is 1. The van der Waals surface area contributed by atoms with Gasteiger partial charge in [0.25, 0.3) is 0 Å². The molecule has 2 atom stereocenters. The van der Waals surface area contributed by atoms with Gasteiger partial charge in [0.1, 0.15) is 0 Å². The van der Waals surface area contributed by atoms with Crippen LogP contribution in [0.15, 0.2) is 18.7 Å². The summed E-state index contributed by atoms with van der Waals surface area (Å²) in [5.74, 6) is 0. The summed E-state index contributed by atoms with van der Waals surface area (Å²) in [4.78, 5) is 4.10. The van der Waals surface area contributed by atoms with Crippen molar-refractivity contribution >= 4 is 0 Å². The number of rotatable bonds is 4. The Morgan fingerprint density at radius 2 is 2.32 bits per heavy atom. The first-order valence-electron chi connectivity index (χ1n) is 7.62. The van der Waals surface area contributed by atoms with Crippen molar-refractivity contribution in [3.8, 4) is 0 Å². The molecular formula is C15H25N3O. The van der Waals surface area contributed by atoms with E-state index in [-0.39, 0.29) is 5.60 Å². The van der Waals surface area contributed by atoms with Crippen LogP contribution in [-0.4, -0.2) is 33.8 Å². The molecule has 2 heterocycles. The number of nitrogens with one attached hydrogen (secondary N) is 1. The summed E-state index contributed by atoms with van der Waals surface area (Å²) in [6, 6.07) is 1.10. The predicted octanol–water partition coefficient (Wildman–Crippen LogP) is 2.35. The van der Waals surface area contributed by atoms with Gasteiger partial charge in [-0.15, -0.1) is 0 Å². The lowest BCUT2D eigenvalue weighted by Gasteiger charge is -2.39. The van der Waals surface area contributed by atoms with Gasteiger partial charge in [0.15, 0.2) is 0 Å². The molecule has 106 valence electrons. The number of imidazole rings is 1. The molecule has 4 heteroatoms. The van der Waals surface area contributed by atoms with E-state index in [1.54, 1.807) is 0 Å². The fourth-order valence-corrected chi connectivity index (χ4v) is 3.70. The summed E-state index contributed by atoms with van der Waals surface area (Å²) in [6.45, 7) is 4.18. The molecule has 2 unspecified atom stereocenters. The van der Waals surface area contributed by atoms with Crippen LogP contribution < -0.4 is 5.32 Å². The SMILES string of the molecule is CC(Cn1ccnc1)NC1CCOC2(CCCC2)C1. The van der Waals surface area contributed by atoms with E-state index in [9.17, 15) is 0 Å². The Balaban J connectivity index is 1.51. The maximum atomic E-state index is 6.09. The zero-order valence-corrected chi connectivity index (χ0v) is 11.8. The molecular weight excluding hydrogens is 238 g/mol. The van der Waals surface area contributed by atoms with Crippen molar-refractivity contribution in [2.45, 2.75) is 69.7 Å². The zero-order chi connectivity index (χ0) is 13.1. The van der Waals surface area contributed by atoms with Gasteiger partial charge in [0.05, 0.1) is 11.9 Å². The van der Waals surface area contributed by atoms with Crippen LogP contribution in [0.5, 0.6) is 0 Å². The fourth-order valence-electron chi connectivity index (χ4n) is 3.70. The van der Waals surface area contributed by atoms with Gasteiger partial charge in [-0.1, -0.05) is 12.8 Å². The van der Waals surface area contributed by atoms with Gasteiger partial charge in [-0.3, -0.25) is 0 Å². The third-order valence-electron chi connectivity index (χ3n) is 4.57. The van der Waals surface area contributed by atoms with Gasteiger partial charge >= 0.3 is 0 Å². The third-order valence-corrected chi connectivity index (χ3v) is 4.57. The summed E-state index contributed by atoms with van der Waals surface area (Å²) in [7, 11) is 0. The van der Waals surface area contributed by atoms with Crippen LogP contribution in [0.3, 0.4) is 0 Å². The van der Waals surface area contributed by atoms with Crippen LogP contribution in [0, 0.1) is 0 Å². The topological polar surface area (TPSA) is 39.1 Å². The van der Waals surface area contributed by atoms with E-state index in [0.717, 1.165) is 19.6 Å². The molecule has 2 fully saturated rings. The largest absolute Gasteiger partial charge is 0.375 e. The van der Waals surface area contributed by atoms with E-state index in [0.29, 0.717) is 12.1 Å². The molecule has 3 rings (SSSR count). The maximum absolute atomic E-state index is 6.09. The van der Waals surface area contributed by atoms with E-state index in [2.05, 4.69) is 21.8 Å². The first-order valence-corrected chi connectivity index (χ1v) is 7.62. The molecule has 2 aliphatic rings. The Morgan fingerprint density at radius 3 is 3.05 bits per heavy atom. The molecule has 1 aromatic rings.